The first-order valence-electron chi connectivity index (χ1n) is 4.89. The lowest BCUT2D eigenvalue weighted by Crippen LogP contribution is -1.94. The second-order valence-electron chi connectivity index (χ2n) is 3.33. The van der Waals surface area contributed by atoms with E-state index in [1.165, 1.54) is 0 Å². The predicted molar refractivity (Wildman–Crippen MR) is 70.8 cm³/mol. The van der Waals surface area contributed by atoms with Crippen LogP contribution in [0.4, 0.5) is 0 Å². The predicted octanol–water partition coefficient (Wildman–Crippen LogP) is 4.62. The van der Waals surface area contributed by atoms with Crippen molar-refractivity contribution in [3.8, 4) is 11.5 Å². The van der Waals surface area contributed by atoms with Crippen molar-refractivity contribution in [1.29, 1.82) is 0 Å². The second kappa shape index (κ2) is 5.34. The van der Waals surface area contributed by atoms with Crippen molar-refractivity contribution in [3.63, 3.8) is 0 Å². The Balaban J connectivity index is 2.30. The van der Waals surface area contributed by atoms with E-state index in [4.69, 9.17) is 16.3 Å². The molecule has 0 aliphatic carbocycles. The second-order valence-corrected chi connectivity index (χ2v) is 4.58. The topological polar surface area (TPSA) is 26.3 Å². The standard InChI is InChI=1S/C13H8BrClO2/c14-9-5-7-10(8-6-9)17-12-4-2-1-3-11(12)13(15)16/h1-8H. The monoisotopic (exact) mass is 310 g/mol. The highest BCUT2D eigenvalue weighted by molar-refractivity contribution is 9.10. The molecule has 0 spiro atoms. The van der Waals surface area contributed by atoms with E-state index in [1.807, 2.05) is 12.1 Å². The molecule has 0 atom stereocenters. The molecule has 0 unspecified atom stereocenters. The molecule has 2 aromatic rings. The zero-order chi connectivity index (χ0) is 12.3. The summed E-state index contributed by atoms with van der Waals surface area (Å²) in [5.74, 6) is 1.10. The van der Waals surface area contributed by atoms with Crippen LogP contribution in [-0.4, -0.2) is 5.24 Å². The van der Waals surface area contributed by atoms with Crippen LogP contribution in [0.25, 0.3) is 0 Å². The van der Waals surface area contributed by atoms with Gasteiger partial charge in [-0.3, -0.25) is 4.79 Å². The van der Waals surface area contributed by atoms with Gasteiger partial charge in [-0.25, -0.2) is 0 Å². The van der Waals surface area contributed by atoms with Gasteiger partial charge in [-0.2, -0.15) is 0 Å². The summed E-state index contributed by atoms with van der Waals surface area (Å²) in [5.41, 5.74) is 0.358. The molecule has 0 N–H and O–H groups in total. The molecule has 17 heavy (non-hydrogen) atoms. The summed E-state index contributed by atoms with van der Waals surface area (Å²) < 4.78 is 6.56. The molecule has 0 aliphatic rings. The normalized spacial score (nSPS) is 10.0. The number of rotatable bonds is 3. The first-order valence-corrected chi connectivity index (χ1v) is 6.06. The van der Waals surface area contributed by atoms with Crippen molar-refractivity contribution in [2.24, 2.45) is 0 Å². The fraction of sp³-hybridized carbons (Fsp3) is 0. The van der Waals surface area contributed by atoms with Gasteiger partial charge in [0.2, 0.25) is 0 Å². The van der Waals surface area contributed by atoms with E-state index in [1.54, 1.807) is 36.4 Å². The fourth-order valence-electron chi connectivity index (χ4n) is 1.35. The number of hydrogen-bond acceptors (Lipinski definition) is 2. The van der Waals surface area contributed by atoms with E-state index < -0.39 is 5.24 Å². The number of ether oxygens (including phenoxy) is 1. The summed E-state index contributed by atoms with van der Waals surface area (Å²) in [6.07, 6.45) is 0. The summed E-state index contributed by atoms with van der Waals surface area (Å²) in [5, 5.41) is -0.530. The Bertz CT molecular complexity index is 537. The van der Waals surface area contributed by atoms with E-state index in [-0.39, 0.29) is 0 Å². The van der Waals surface area contributed by atoms with Gasteiger partial charge in [-0.1, -0.05) is 28.1 Å². The van der Waals surface area contributed by atoms with Crippen LogP contribution in [0.15, 0.2) is 53.0 Å². The summed E-state index contributed by atoms with van der Waals surface area (Å²) in [6.45, 7) is 0. The maximum absolute atomic E-state index is 11.2. The lowest BCUT2D eigenvalue weighted by Gasteiger charge is -2.08. The summed E-state index contributed by atoms with van der Waals surface area (Å²) >= 11 is 8.81. The SMILES string of the molecule is O=C(Cl)c1ccccc1Oc1ccc(Br)cc1. The summed E-state index contributed by atoms with van der Waals surface area (Å²) in [4.78, 5) is 11.2. The molecule has 0 radical (unpaired) electrons. The molecule has 0 aliphatic heterocycles. The zero-order valence-corrected chi connectivity index (χ0v) is 11.0. The highest BCUT2D eigenvalue weighted by atomic mass is 79.9. The smallest absolute Gasteiger partial charge is 0.256 e. The van der Waals surface area contributed by atoms with Crippen LogP contribution < -0.4 is 4.74 Å². The van der Waals surface area contributed by atoms with E-state index >= 15 is 0 Å². The molecule has 0 bridgehead atoms. The van der Waals surface area contributed by atoms with Gasteiger partial charge in [0, 0.05) is 4.47 Å². The van der Waals surface area contributed by atoms with Crippen LogP contribution in [-0.2, 0) is 0 Å². The molecular weight excluding hydrogens is 303 g/mol. The first kappa shape index (κ1) is 12.1. The Morgan fingerprint density at radius 1 is 1.06 bits per heavy atom. The number of para-hydroxylation sites is 1. The maximum atomic E-state index is 11.2. The van der Waals surface area contributed by atoms with Crippen LogP contribution in [0.5, 0.6) is 11.5 Å². The third-order valence-electron chi connectivity index (χ3n) is 2.14. The summed E-state index contributed by atoms with van der Waals surface area (Å²) in [6, 6.07) is 14.2. The molecular formula is C13H8BrClO2. The Morgan fingerprint density at radius 3 is 2.35 bits per heavy atom. The molecule has 2 nitrogen and oxygen atoms in total. The van der Waals surface area contributed by atoms with Gasteiger partial charge in [0.25, 0.3) is 5.24 Å². The van der Waals surface area contributed by atoms with Gasteiger partial charge in [0.05, 0.1) is 5.56 Å². The highest BCUT2D eigenvalue weighted by Gasteiger charge is 2.09. The van der Waals surface area contributed by atoms with Crippen molar-refractivity contribution in [2.75, 3.05) is 0 Å². The molecule has 2 rings (SSSR count). The molecule has 0 aromatic heterocycles. The minimum atomic E-state index is -0.530. The largest absolute Gasteiger partial charge is 0.457 e. The number of carbonyl (C=O) groups is 1. The minimum Gasteiger partial charge on any atom is -0.457 e. The van der Waals surface area contributed by atoms with Gasteiger partial charge >= 0.3 is 0 Å². The van der Waals surface area contributed by atoms with Crippen molar-refractivity contribution >= 4 is 32.8 Å². The first-order chi connectivity index (χ1) is 8.16. The van der Waals surface area contributed by atoms with Gasteiger partial charge in [-0.15, -0.1) is 0 Å². The van der Waals surface area contributed by atoms with Gasteiger partial charge in [0.1, 0.15) is 11.5 Å². The van der Waals surface area contributed by atoms with Crippen molar-refractivity contribution in [1.82, 2.24) is 0 Å². The lowest BCUT2D eigenvalue weighted by atomic mass is 10.2. The average Bonchev–Trinajstić information content (AvgIpc) is 2.32. The molecule has 0 amide bonds. The maximum Gasteiger partial charge on any atom is 0.256 e. The van der Waals surface area contributed by atoms with Crippen LogP contribution in [0.1, 0.15) is 10.4 Å². The van der Waals surface area contributed by atoms with Crippen LogP contribution >= 0.6 is 27.5 Å². The van der Waals surface area contributed by atoms with Gasteiger partial charge < -0.3 is 4.74 Å². The van der Waals surface area contributed by atoms with Gasteiger partial charge in [-0.05, 0) is 48.0 Å². The van der Waals surface area contributed by atoms with Crippen LogP contribution in [0.3, 0.4) is 0 Å². The molecule has 0 saturated heterocycles. The molecule has 0 fully saturated rings. The number of hydrogen-bond donors (Lipinski definition) is 0. The Labute approximate surface area is 112 Å². The summed E-state index contributed by atoms with van der Waals surface area (Å²) in [7, 11) is 0. The third-order valence-corrected chi connectivity index (χ3v) is 2.87. The minimum absolute atomic E-state index is 0.358. The van der Waals surface area contributed by atoms with E-state index in [9.17, 15) is 4.79 Å². The van der Waals surface area contributed by atoms with E-state index in [0.29, 0.717) is 17.1 Å². The zero-order valence-electron chi connectivity index (χ0n) is 8.69. The third kappa shape index (κ3) is 3.08. The van der Waals surface area contributed by atoms with Crippen molar-refractivity contribution < 1.29 is 9.53 Å². The molecule has 0 saturated carbocycles. The Kier molecular flexibility index (Phi) is 3.82. The molecule has 86 valence electrons. The van der Waals surface area contributed by atoms with E-state index in [0.717, 1.165) is 4.47 Å². The van der Waals surface area contributed by atoms with E-state index in [2.05, 4.69) is 15.9 Å². The van der Waals surface area contributed by atoms with Crippen molar-refractivity contribution in [3.05, 3.63) is 58.6 Å². The molecule has 0 heterocycles. The Hall–Kier alpha value is -1.32. The van der Waals surface area contributed by atoms with Crippen LogP contribution in [0, 0.1) is 0 Å². The van der Waals surface area contributed by atoms with Gasteiger partial charge in [0.15, 0.2) is 0 Å². The number of halogens is 2. The number of carbonyl (C=O) groups excluding carboxylic acids is 1. The lowest BCUT2D eigenvalue weighted by molar-refractivity contribution is 0.107. The van der Waals surface area contributed by atoms with Crippen LogP contribution in [0.2, 0.25) is 0 Å². The van der Waals surface area contributed by atoms with Crippen molar-refractivity contribution in [2.45, 2.75) is 0 Å². The Morgan fingerprint density at radius 2 is 1.71 bits per heavy atom. The number of benzene rings is 2. The molecule has 4 heteroatoms. The molecule has 2 aromatic carbocycles. The average molecular weight is 312 g/mol. The highest BCUT2D eigenvalue weighted by Crippen LogP contribution is 2.27. The quantitative estimate of drug-likeness (QED) is 0.773. The fourth-order valence-corrected chi connectivity index (χ4v) is 1.77.